The van der Waals surface area contributed by atoms with Gasteiger partial charge < -0.3 is 16.0 Å². The number of anilines is 2. The van der Waals surface area contributed by atoms with Crippen molar-refractivity contribution in [1.29, 1.82) is 0 Å². The van der Waals surface area contributed by atoms with Crippen molar-refractivity contribution in [2.75, 3.05) is 44.3 Å². The number of halogens is 3. The Bertz CT molecular complexity index is 1710. The monoisotopic (exact) mass is 601 g/mol. The minimum atomic E-state index is -4.55. The summed E-state index contributed by atoms with van der Waals surface area (Å²) in [4.78, 5) is 21.6. The smallest absolute Gasteiger partial charge is 0.383 e. The van der Waals surface area contributed by atoms with Crippen LogP contribution in [0.2, 0.25) is 0 Å². The van der Waals surface area contributed by atoms with Crippen LogP contribution in [0, 0.1) is 25.7 Å². The molecule has 0 aliphatic carbocycles. The molecule has 44 heavy (non-hydrogen) atoms. The van der Waals surface area contributed by atoms with Crippen LogP contribution in [0.5, 0.6) is 0 Å². The number of alkyl halides is 3. The number of likely N-dealkylation sites (N-methyl/N-ethyl adjacent to an activating group) is 1. The van der Waals surface area contributed by atoms with E-state index >= 15 is 0 Å². The van der Waals surface area contributed by atoms with E-state index in [1.807, 2.05) is 57.8 Å². The van der Waals surface area contributed by atoms with Crippen LogP contribution in [0.25, 0.3) is 10.8 Å². The molecule has 2 heterocycles. The summed E-state index contributed by atoms with van der Waals surface area (Å²) in [6.45, 7) is 11.1. The van der Waals surface area contributed by atoms with Crippen molar-refractivity contribution in [3.63, 3.8) is 0 Å². The van der Waals surface area contributed by atoms with Gasteiger partial charge in [0, 0.05) is 66.5 Å². The zero-order chi connectivity index (χ0) is 32.0. The Kier molecular flexibility index (Phi) is 10.3. The third kappa shape index (κ3) is 7.76. The number of hydrogen-bond donors (Lipinski definition) is 2. The molecule has 0 saturated carbocycles. The first-order valence-corrected chi connectivity index (χ1v) is 14.7. The predicted octanol–water partition coefficient (Wildman–Crippen LogP) is 6.88. The summed E-state index contributed by atoms with van der Waals surface area (Å²) in [6.07, 6.45) is -2.85. The number of nitrogens with zero attached hydrogens (tertiary/aromatic N) is 3. The number of fused-ring (bicyclic) bond motifs is 1. The van der Waals surface area contributed by atoms with E-state index in [-0.39, 0.29) is 23.4 Å². The molecule has 0 spiro atoms. The topological polar surface area (TPSA) is 74.5 Å². The number of amides is 1. The average Bonchev–Trinajstić information content (AvgIpc) is 2.99. The second-order valence-electron chi connectivity index (χ2n) is 10.8. The molecular weight excluding hydrogens is 563 g/mol. The zero-order valence-corrected chi connectivity index (χ0v) is 25.8. The summed E-state index contributed by atoms with van der Waals surface area (Å²) in [5, 5.41) is 4.43. The SMILES string of the molecule is CC.Cc1ccc2cnc(N)c(C#Cc3cc(C(=O)Nc4ccc(CN5CCN(C)CC5)c(C(F)(F)F)c4)ccc3C)c2c1. The number of carbonyl (C=O) groups excluding carboxylic acids is 1. The number of benzene rings is 3. The normalized spacial score (nSPS) is 13.9. The lowest BCUT2D eigenvalue weighted by atomic mass is 10.0. The Morgan fingerprint density at radius 3 is 2.41 bits per heavy atom. The minimum absolute atomic E-state index is 0.0765. The summed E-state index contributed by atoms with van der Waals surface area (Å²) in [5.41, 5.74) is 9.06. The van der Waals surface area contributed by atoms with Crippen molar-refractivity contribution < 1.29 is 18.0 Å². The largest absolute Gasteiger partial charge is 0.416 e. The van der Waals surface area contributed by atoms with E-state index in [1.165, 1.54) is 12.1 Å². The lowest BCUT2D eigenvalue weighted by Gasteiger charge is -2.33. The minimum Gasteiger partial charge on any atom is -0.383 e. The number of nitrogens with one attached hydrogen (secondary N) is 1. The molecule has 0 atom stereocenters. The van der Waals surface area contributed by atoms with Gasteiger partial charge in [0.1, 0.15) is 5.82 Å². The molecule has 6 nitrogen and oxygen atoms in total. The van der Waals surface area contributed by atoms with Crippen LogP contribution in [0.4, 0.5) is 24.7 Å². The molecule has 4 aromatic rings. The van der Waals surface area contributed by atoms with Crippen LogP contribution >= 0.6 is 0 Å². The predicted molar refractivity (Wildman–Crippen MR) is 172 cm³/mol. The van der Waals surface area contributed by atoms with Gasteiger partial charge in [-0.15, -0.1) is 0 Å². The Morgan fingerprint density at radius 2 is 1.70 bits per heavy atom. The van der Waals surface area contributed by atoms with Crippen molar-refractivity contribution >= 4 is 28.2 Å². The van der Waals surface area contributed by atoms with Crippen LogP contribution in [0.3, 0.4) is 0 Å². The molecule has 1 aromatic heterocycles. The van der Waals surface area contributed by atoms with Crippen molar-refractivity contribution in [2.24, 2.45) is 0 Å². The van der Waals surface area contributed by atoms with Crippen molar-refractivity contribution in [1.82, 2.24) is 14.8 Å². The number of rotatable bonds is 4. The number of piperazine rings is 1. The Hall–Kier alpha value is -4.39. The highest BCUT2D eigenvalue weighted by Crippen LogP contribution is 2.35. The molecule has 1 saturated heterocycles. The van der Waals surface area contributed by atoms with Gasteiger partial charge in [-0.05, 0) is 62.4 Å². The molecule has 1 amide bonds. The van der Waals surface area contributed by atoms with Crippen LogP contribution in [0.15, 0.2) is 60.8 Å². The number of nitrogens with two attached hydrogens (primary N) is 1. The molecule has 9 heteroatoms. The maximum atomic E-state index is 14.0. The molecule has 1 fully saturated rings. The number of aryl methyl sites for hydroxylation is 2. The highest BCUT2D eigenvalue weighted by molar-refractivity contribution is 6.04. The van der Waals surface area contributed by atoms with Gasteiger partial charge in [-0.1, -0.05) is 55.5 Å². The summed E-state index contributed by atoms with van der Waals surface area (Å²) < 4.78 is 42.0. The molecule has 3 N–H and O–H groups in total. The molecule has 1 aliphatic rings. The average molecular weight is 602 g/mol. The second kappa shape index (κ2) is 13.9. The number of aromatic nitrogens is 1. The van der Waals surface area contributed by atoms with E-state index in [1.54, 1.807) is 24.4 Å². The quantitative estimate of drug-likeness (QED) is 0.250. The number of carbonyl (C=O) groups is 1. The summed E-state index contributed by atoms with van der Waals surface area (Å²) in [7, 11) is 2.00. The number of pyridine rings is 1. The summed E-state index contributed by atoms with van der Waals surface area (Å²) in [6, 6.07) is 14.9. The maximum absolute atomic E-state index is 14.0. The lowest BCUT2D eigenvalue weighted by Crippen LogP contribution is -2.44. The molecule has 3 aromatic carbocycles. The number of hydrogen-bond acceptors (Lipinski definition) is 5. The molecule has 0 radical (unpaired) electrons. The van der Waals surface area contributed by atoms with Crippen molar-refractivity contribution in [2.45, 2.75) is 40.4 Å². The van der Waals surface area contributed by atoms with E-state index in [2.05, 4.69) is 27.0 Å². The van der Waals surface area contributed by atoms with Crippen molar-refractivity contribution in [3.05, 3.63) is 99.7 Å². The Morgan fingerprint density at radius 1 is 0.977 bits per heavy atom. The first-order valence-electron chi connectivity index (χ1n) is 14.7. The Labute approximate surface area is 257 Å². The van der Waals surface area contributed by atoms with Gasteiger partial charge in [0.15, 0.2) is 0 Å². The van der Waals surface area contributed by atoms with Gasteiger partial charge in [0.2, 0.25) is 0 Å². The fraction of sp³-hybridized carbons (Fsp3) is 0.314. The first-order chi connectivity index (χ1) is 21.0. The number of nitrogen functional groups attached to an aromatic ring is 1. The van der Waals surface area contributed by atoms with E-state index < -0.39 is 17.6 Å². The van der Waals surface area contributed by atoms with E-state index in [4.69, 9.17) is 5.73 Å². The van der Waals surface area contributed by atoms with Gasteiger partial charge in [-0.25, -0.2) is 4.98 Å². The maximum Gasteiger partial charge on any atom is 0.416 e. The first kappa shape index (κ1) is 32.5. The molecule has 0 bridgehead atoms. The standard InChI is InChI=1S/C33H32F3N5O.C2H6/c1-21-4-6-25-19-38-31(37)28(29(25)16-21)11-9-23-17-24(7-5-22(23)2)32(42)39-27-10-8-26(30(18-27)33(34,35)36)20-41-14-12-40(3)13-15-41;1-2/h4-8,10,16-19H,12-15,20H2,1-3H3,(H2,37,38)(H,39,42);1-2H3. The van der Waals surface area contributed by atoms with Gasteiger partial charge in [0.25, 0.3) is 5.91 Å². The zero-order valence-electron chi connectivity index (χ0n) is 25.8. The molecular formula is C35H38F3N5O. The highest BCUT2D eigenvalue weighted by atomic mass is 19.4. The van der Waals surface area contributed by atoms with Crippen LogP contribution < -0.4 is 11.1 Å². The highest BCUT2D eigenvalue weighted by Gasteiger charge is 2.34. The third-order valence-corrected chi connectivity index (χ3v) is 7.56. The van der Waals surface area contributed by atoms with Gasteiger partial charge in [-0.3, -0.25) is 9.69 Å². The van der Waals surface area contributed by atoms with E-state index in [0.717, 1.165) is 41.1 Å². The molecule has 230 valence electrons. The molecule has 1 aliphatic heterocycles. The molecule has 0 unspecified atom stereocenters. The van der Waals surface area contributed by atoms with Crippen LogP contribution in [-0.2, 0) is 12.7 Å². The van der Waals surface area contributed by atoms with E-state index in [9.17, 15) is 18.0 Å². The van der Waals surface area contributed by atoms with Gasteiger partial charge in [-0.2, -0.15) is 13.2 Å². The summed E-state index contributed by atoms with van der Waals surface area (Å²) in [5.74, 6) is 6.01. The summed E-state index contributed by atoms with van der Waals surface area (Å²) >= 11 is 0. The van der Waals surface area contributed by atoms with Gasteiger partial charge in [0.05, 0.1) is 11.1 Å². The fourth-order valence-corrected chi connectivity index (χ4v) is 5.01. The third-order valence-electron chi connectivity index (χ3n) is 7.56. The van der Waals surface area contributed by atoms with Crippen molar-refractivity contribution in [3.8, 4) is 11.8 Å². The second-order valence-corrected chi connectivity index (χ2v) is 10.8. The van der Waals surface area contributed by atoms with Gasteiger partial charge >= 0.3 is 6.18 Å². The van der Waals surface area contributed by atoms with E-state index in [0.29, 0.717) is 30.0 Å². The Balaban J connectivity index is 0.00000216. The molecule has 5 rings (SSSR count). The fourth-order valence-electron chi connectivity index (χ4n) is 5.01. The van der Waals surface area contributed by atoms with Crippen LogP contribution in [-0.4, -0.2) is 53.9 Å². The van der Waals surface area contributed by atoms with Crippen LogP contribution in [0.1, 0.15) is 57.6 Å². The lowest BCUT2D eigenvalue weighted by molar-refractivity contribution is -0.138.